The van der Waals surface area contributed by atoms with Crippen LogP contribution in [0.25, 0.3) is 5.78 Å². The van der Waals surface area contributed by atoms with E-state index in [4.69, 9.17) is 4.74 Å². The van der Waals surface area contributed by atoms with Crippen LogP contribution in [0.3, 0.4) is 0 Å². The SMILES string of the molecule is O=C(Nc1cnc2nccn2c1)[C@H]1CCCO1. The summed E-state index contributed by atoms with van der Waals surface area (Å²) in [5, 5.41) is 2.79. The molecule has 1 fully saturated rings. The first kappa shape index (κ1) is 10.2. The molecule has 0 unspecified atom stereocenters. The summed E-state index contributed by atoms with van der Waals surface area (Å²) in [6.45, 7) is 0.664. The number of carbonyl (C=O) groups excluding carboxylic acids is 1. The monoisotopic (exact) mass is 232 g/mol. The van der Waals surface area contributed by atoms with E-state index in [-0.39, 0.29) is 12.0 Å². The van der Waals surface area contributed by atoms with Crippen molar-refractivity contribution in [3.05, 3.63) is 24.8 Å². The fourth-order valence-corrected chi connectivity index (χ4v) is 1.89. The molecule has 1 aliphatic heterocycles. The van der Waals surface area contributed by atoms with Gasteiger partial charge in [0, 0.05) is 25.2 Å². The highest BCUT2D eigenvalue weighted by Crippen LogP contribution is 2.14. The lowest BCUT2D eigenvalue weighted by Gasteiger charge is -2.09. The number of hydrogen-bond donors (Lipinski definition) is 1. The summed E-state index contributed by atoms with van der Waals surface area (Å²) in [5.74, 6) is 0.504. The predicted octanol–water partition coefficient (Wildman–Crippen LogP) is 0.847. The highest BCUT2D eigenvalue weighted by atomic mass is 16.5. The molecule has 88 valence electrons. The van der Waals surface area contributed by atoms with Gasteiger partial charge >= 0.3 is 0 Å². The van der Waals surface area contributed by atoms with Gasteiger partial charge in [0.15, 0.2) is 0 Å². The van der Waals surface area contributed by atoms with Crippen LogP contribution in [0.5, 0.6) is 0 Å². The first-order valence-electron chi connectivity index (χ1n) is 5.54. The molecule has 6 nitrogen and oxygen atoms in total. The lowest BCUT2D eigenvalue weighted by molar-refractivity contribution is -0.124. The van der Waals surface area contributed by atoms with E-state index >= 15 is 0 Å². The molecule has 1 amide bonds. The molecule has 2 aromatic heterocycles. The molecule has 2 aromatic rings. The Morgan fingerprint density at radius 2 is 2.47 bits per heavy atom. The third kappa shape index (κ3) is 1.99. The van der Waals surface area contributed by atoms with Gasteiger partial charge in [0.25, 0.3) is 5.91 Å². The Balaban J connectivity index is 1.77. The van der Waals surface area contributed by atoms with E-state index in [0.717, 1.165) is 12.8 Å². The molecule has 0 spiro atoms. The molecule has 17 heavy (non-hydrogen) atoms. The molecule has 0 bridgehead atoms. The standard InChI is InChI=1S/C11H12N4O2/c16-10(9-2-1-5-17-9)14-8-6-13-11-12-3-4-15(11)7-8/h3-4,6-7,9H,1-2,5H2,(H,14,16)/t9-/m1/s1. The summed E-state index contributed by atoms with van der Waals surface area (Å²) < 4.78 is 7.06. The van der Waals surface area contributed by atoms with E-state index in [0.29, 0.717) is 18.1 Å². The van der Waals surface area contributed by atoms with Crippen molar-refractivity contribution in [2.75, 3.05) is 11.9 Å². The number of ether oxygens (including phenoxy) is 1. The van der Waals surface area contributed by atoms with Gasteiger partial charge in [-0.15, -0.1) is 0 Å². The smallest absolute Gasteiger partial charge is 0.253 e. The van der Waals surface area contributed by atoms with Crippen molar-refractivity contribution >= 4 is 17.4 Å². The third-order valence-electron chi connectivity index (χ3n) is 2.74. The Kier molecular flexibility index (Phi) is 2.49. The van der Waals surface area contributed by atoms with E-state index in [1.54, 1.807) is 29.2 Å². The number of fused-ring (bicyclic) bond motifs is 1. The summed E-state index contributed by atoms with van der Waals surface area (Å²) in [5.41, 5.74) is 0.649. The Labute approximate surface area is 97.6 Å². The number of rotatable bonds is 2. The van der Waals surface area contributed by atoms with Crippen molar-refractivity contribution < 1.29 is 9.53 Å². The van der Waals surface area contributed by atoms with Crippen LogP contribution in [0, 0.1) is 0 Å². The number of amides is 1. The molecule has 0 saturated carbocycles. The Bertz CT molecular complexity index is 545. The molecule has 3 heterocycles. The molecule has 0 radical (unpaired) electrons. The van der Waals surface area contributed by atoms with Gasteiger partial charge < -0.3 is 10.1 Å². The van der Waals surface area contributed by atoms with Crippen molar-refractivity contribution in [2.24, 2.45) is 0 Å². The maximum atomic E-state index is 11.8. The quantitative estimate of drug-likeness (QED) is 0.833. The summed E-state index contributed by atoms with van der Waals surface area (Å²) in [4.78, 5) is 19.9. The molecular weight excluding hydrogens is 220 g/mol. The van der Waals surface area contributed by atoms with Crippen LogP contribution in [0.4, 0.5) is 5.69 Å². The molecule has 1 atom stereocenters. The Hall–Kier alpha value is -1.95. The fraction of sp³-hybridized carbons (Fsp3) is 0.364. The largest absolute Gasteiger partial charge is 0.368 e. The van der Waals surface area contributed by atoms with Crippen LogP contribution in [0.1, 0.15) is 12.8 Å². The molecule has 1 aliphatic rings. The molecule has 6 heteroatoms. The maximum absolute atomic E-state index is 11.8. The minimum atomic E-state index is -0.325. The van der Waals surface area contributed by atoms with Crippen LogP contribution in [0.15, 0.2) is 24.8 Å². The van der Waals surface area contributed by atoms with E-state index < -0.39 is 0 Å². The van der Waals surface area contributed by atoms with Crippen molar-refractivity contribution in [3.63, 3.8) is 0 Å². The van der Waals surface area contributed by atoms with Crippen LogP contribution >= 0.6 is 0 Å². The highest BCUT2D eigenvalue weighted by Gasteiger charge is 2.23. The number of carbonyl (C=O) groups is 1. The van der Waals surface area contributed by atoms with Gasteiger partial charge in [-0.1, -0.05) is 0 Å². The van der Waals surface area contributed by atoms with Crippen LogP contribution in [-0.2, 0) is 9.53 Å². The van der Waals surface area contributed by atoms with Gasteiger partial charge in [-0.2, -0.15) is 0 Å². The van der Waals surface area contributed by atoms with Gasteiger partial charge in [-0.05, 0) is 12.8 Å². The number of aromatic nitrogens is 3. The molecule has 0 aromatic carbocycles. The Morgan fingerprint density at radius 3 is 3.29 bits per heavy atom. The number of hydrogen-bond acceptors (Lipinski definition) is 4. The van der Waals surface area contributed by atoms with Gasteiger partial charge in [0.05, 0.1) is 11.9 Å². The predicted molar refractivity (Wildman–Crippen MR) is 60.6 cm³/mol. The first-order chi connectivity index (χ1) is 8.33. The van der Waals surface area contributed by atoms with Gasteiger partial charge in [0.2, 0.25) is 5.78 Å². The van der Waals surface area contributed by atoms with Gasteiger partial charge in [0.1, 0.15) is 6.10 Å². The lowest BCUT2D eigenvalue weighted by atomic mass is 10.2. The number of nitrogens with zero attached hydrogens (tertiary/aromatic N) is 3. The van der Waals surface area contributed by atoms with Crippen molar-refractivity contribution in [3.8, 4) is 0 Å². The minimum Gasteiger partial charge on any atom is -0.368 e. The summed E-state index contributed by atoms with van der Waals surface area (Å²) >= 11 is 0. The fourth-order valence-electron chi connectivity index (χ4n) is 1.89. The number of nitrogens with one attached hydrogen (secondary N) is 1. The van der Waals surface area contributed by atoms with Crippen LogP contribution in [-0.4, -0.2) is 33.0 Å². The van der Waals surface area contributed by atoms with E-state index in [2.05, 4.69) is 15.3 Å². The second kappa shape index (κ2) is 4.14. The van der Waals surface area contributed by atoms with E-state index in [1.165, 1.54) is 0 Å². The highest BCUT2D eigenvalue weighted by molar-refractivity contribution is 5.94. The molecule has 1 saturated heterocycles. The van der Waals surface area contributed by atoms with Crippen LogP contribution < -0.4 is 5.32 Å². The van der Waals surface area contributed by atoms with Gasteiger partial charge in [-0.25, -0.2) is 9.97 Å². The summed E-state index contributed by atoms with van der Waals surface area (Å²) in [6.07, 6.45) is 8.22. The lowest BCUT2D eigenvalue weighted by Crippen LogP contribution is -2.27. The minimum absolute atomic E-state index is 0.108. The second-order valence-corrected chi connectivity index (χ2v) is 3.97. The topological polar surface area (TPSA) is 68.5 Å². The molecular formula is C11H12N4O2. The molecule has 0 aliphatic carbocycles. The zero-order valence-electron chi connectivity index (χ0n) is 9.17. The first-order valence-corrected chi connectivity index (χ1v) is 5.54. The average Bonchev–Trinajstić information content (AvgIpc) is 2.99. The van der Waals surface area contributed by atoms with Gasteiger partial charge in [-0.3, -0.25) is 9.20 Å². The average molecular weight is 232 g/mol. The number of anilines is 1. The van der Waals surface area contributed by atoms with Crippen molar-refractivity contribution in [1.29, 1.82) is 0 Å². The summed E-state index contributed by atoms with van der Waals surface area (Å²) in [7, 11) is 0. The van der Waals surface area contributed by atoms with Crippen molar-refractivity contribution in [1.82, 2.24) is 14.4 Å². The zero-order chi connectivity index (χ0) is 11.7. The van der Waals surface area contributed by atoms with Crippen molar-refractivity contribution in [2.45, 2.75) is 18.9 Å². The number of imidazole rings is 1. The molecule has 1 N–H and O–H groups in total. The Morgan fingerprint density at radius 1 is 1.53 bits per heavy atom. The summed E-state index contributed by atoms with van der Waals surface area (Å²) in [6, 6.07) is 0. The normalized spacial score (nSPS) is 19.6. The van der Waals surface area contributed by atoms with Crippen LogP contribution in [0.2, 0.25) is 0 Å². The van der Waals surface area contributed by atoms with E-state index in [9.17, 15) is 4.79 Å². The zero-order valence-corrected chi connectivity index (χ0v) is 9.17. The second-order valence-electron chi connectivity index (χ2n) is 3.97. The third-order valence-corrected chi connectivity index (χ3v) is 2.74. The molecule has 3 rings (SSSR count). The van der Waals surface area contributed by atoms with E-state index in [1.807, 2.05) is 0 Å². The maximum Gasteiger partial charge on any atom is 0.253 e.